The number of benzene rings is 1. The minimum atomic E-state index is -0.893. The minimum absolute atomic E-state index is 0.119. The Morgan fingerprint density at radius 1 is 1.35 bits per heavy atom. The molecule has 1 aromatic rings. The van der Waals surface area contributed by atoms with Crippen LogP contribution in [0.2, 0.25) is 0 Å². The minimum Gasteiger partial charge on any atom is -0.387 e. The van der Waals surface area contributed by atoms with Crippen molar-refractivity contribution >= 4 is 11.8 Å². The molecule has 0 radical (unpaired) electrons. The van der Waals surface area contributed by atoms with Crippen LogP contribution in [0.5, 0.6) is 0 Å². The summed E-state index contributed by atoms with van der Waals surface area (Å²) in [5, 5.41) is 13.0. The molecule has 0 aliphatic carbocycles. The zero-order valence-corrected chi connectivity index (χ0v) is 13.5. The molecule has 0 saturated carbocycles. The Bertz CT molecular complexity index is 559. The fourth-order valence-electron chi connectivity index (χ4n) is 2.71. The molecule has 1 saturated heterocycles. The van der Waals surface area contributed by atoms with E-state index in [4.69, 9.17) is 0 Å². The predicted molar refractivity (Wildman–Crippen MR) is 83.9 cm³/mol. The largest absolute Gasteiger partial charge is 0.387 e. The van der Waals surface area contributed by atoms with Crippen molar-refractivity contribution in [1.82, 2.24) is 10.2 Å². The molecule has 0 bridgehead atoms. The van der Waals surface area contributed by atoms with Crippen molar-refractivity contribution in [2.24, 2.45) is 5.92 Å². The summed E-state index contributed by atoms with van der Waals surface area (Å²) in [6, 6.07) is 5.07. The third-order valence-electron chi connectivity index (χ3n) is 3.84. The van der Waals surface area contributed by atoms with Crippen LogP contribution in [0, 0.1) is 11.7 Å². The molecule has 5 nitrogen and oxygen atoms in total. The van der Waals surface area contributed by atoms with Crippen LogP contribution in [0.15, 0.2) is 24.3 Å². The van der Waals surface area contributed by atoms with E-state index in [0.717, 1.165) is 0 Å². The number of rotatable bonds is 6. The van der Waals surface area contributed by atoms with Crippen molar-refractivity contribution in [1.29, 1.82) is 0 Å². The predicted octanol–water partition coefficient (Wildman–Crippen LogP) is 1.62. The molecule has 1 fully saturated rings. The Morgan fingerprint density at radius 3 is 2.52 bits per heavy atom. The Balaban J connectivity index is 2.06. The van der Waals surface area contributed by atoms with Crippen LogP contribution in [-0.4, -0.2) is 41.0 Å². The van der Waals surface area contributed by atoms with E-state index in [1.54, 1.807) is 4.90 Å². The van der Waals surface area contributed by atoms with Crippen molar-refractivity contribution in [2.75, 3.05) is 13.1 Å². The van der Waals surface area contributed by atoms with E-state index in [-0.39, 0.29) is 30.1 Å². The van der Waals surface area contributed by atoms with Crippen LogP contribution >= 0.6 is 0 Å². The summed E-state index contributed by atoms with van der Waals surface area (Å²) in [4.78, 5) is 25.5. The number of nitrogens with zero attached hydrogens (tertiary/aromatic N) is 1. The number of carbonyl (C=O) groups is 2. The molecule has 2 unspecified atom stereocenters. The lowest BCUT2D eigenvalue weighted by molar-refractivity contribution is -0.136. The topological polar surface area (TPSA) is 69.6 Å². The van der Waals surface area contributed by atoms with Gasteiger partial charge in [0.25, 0.3) is 0 Å². The molecular formula is C17H23FN2O3. The van der Waals surface area contributed by atoms with Gasteiger partial charge in [-0.25, -0.2) is 4.39 Å². The van der Waals surface area contributed by atoms with Crippen LogP contribution in [0.25, 0.3) is 0 Å². The zero-order valence-electron chi connectivity index (χ0n) is 13.5. The first kappa shape index (κ1) is 17.4. The van der Waals surface area contributed by atoms with Gasteiger partial charge in [-0.05, 0) is 30.0 Å². The molecule has 0 spiro atoms. The van der Waals surface area contributed by atoms with E-state index in [9.17, 15) is 19.1 Å². The van der Waals surface area contributed by atoms with Gasteiger partial charge < -0.3 is 15.3 Å². The summed E-state index contributed by atoms with van der Waals surface area (Å²) in [6.45, 7) is 4.58. The first-order valence-electron chi connectivity index (χ1n) is 7.88. The van der Waals surface area contributed by atoms with Gasteiger partial charge in [0.2, 0.25) is 11.8 Å². The van der Waals surface area contributed by atoms with Gasteiger partial charge in [0.05, 0.1) is 12.6 Å². The van der Waals surface area contributed by atoms with E-state index in [0.29, 0.717) is 24.9 Å². The first-order valence-corrected chi connectivity index (χ1v) is 7.88. The fourth-order valence-corrected chi connectivity index (χ4v) is 2.71. The highest BCUT2D eigenvalue weighted by Gasteiger charge is 2.31. The maximum atomic E-state index is 13.0. The summed E-state index contributed by atoms with van der Waals surface area (Å²) in [5.41, 5.74) is 0.559. The van der Waals surface area contributed by atoms with Crippen molar-refractivity contribution < 1.29 is 19.1 Å². The number of hydrogen-bond donors (Lipinski definition) is 2. The molecule has 1 aliphatic rings. The van der Waals surface area contributed by atoms with Crippen LogP contribution in [0.4, 0.5) is 4.39 Å². The Kier molecular flexibility index (Phi) is 5.71. The van der Waals surface area contributed by atoms with E-state index < -0.39 is 12.1 Å². The number of hydrogen-bond acceptors (Lipinski definition) is 3. The number of amides is 2. The molecule has 2 atom stereocenters. The maximum Gasteiger partial charge on any atom is 0.245 e. The van der Waals surface area contributed by atoms with E-state index in [1.807, 2.05) is 13.8 Å². The van der Waals surface area contributed by atoms with Crippen molar-refractivity contribution in [2.45, 2.75) is 38.8 Å². The van der Waals surface area contributed by atoms with Crippen LogP contribution in [-0.2, 0) is 9.59 Å². The van der Waals surface area contributed by atoms with Gasteiger partial charge in [0.1, 0.15) is 11.9 Å². The fraction of sp³-hybridized carbons (Fsp3) is 0.529. The van der Waals surface area contributed by atoms with Crippen LogP contribution in [0.1, 0.15) is 38.4 Å². The molecule has 1 aromatic carbocycles. The summed E-state index contributed by atoms with van der Waals surface area (Å²) >= 11 is 0. The number of aliphatic hydroxyl groups is 1. The van der Waals surface area contributed by atoms with Crippen molar-refractivity contribution in [3.8, 4) is 0 Å². The highest BCUT2D eigenvalue weighted by molar-refractivity contribution is 5.90. The monoisotopic (exact) mass is 322 g/mol. The molecular weight excluding hydrogens is 299 g/mol. The van der Waals surface area contributed by atoms with Crippen LogP contribution in [0.3, 0.4) is 0 Å². The lowest BCUT2D eigenvalue weighted by Crippen LogP contribution is -2.47. The van der Waals surface area contributed by atoms with Crippen LogP contribution < -0.4 is 5.32 Å². The molecule has 23 heavy (non-hydrogen) atoms. The second-order valence-electron chi connectivity index (χ2n) is 6.36. The SMILES string of the molecule is CC(C)CN(CC(O)c1ccc(F)cc1)C(=O)C1CCC(=O)N1. The first-order chi connectivity index (χ1) is 10.9. The van der Waals surface area contributed by atoms with Gasteiger partial charge in [0, 0.05) is 13.0 Å². The van der Waals surface area contributed by atoms with Gasteiger partial charge >= 0.3 is 0 Å². The molecule has 1 heterocycles. The molecule has 2 amide bonds. The highest BCUT2D eigenvalue weighted by atomic mass is 19.1. The summed E-state index contributed by atoms with van der Waals surface area (Å²) < 4.78 is 13.0. The molecule has 126 valence electrons. The number of carbonyl (C=O) groups excluding carboxylic acids is 2. The third kappa shape index (κ3) is 4.76. The second kappa shape index (κ2) is 7.55. The molecule has 6 heteroatoms. The second-order valence-corrected chi connectivity index (χ2v) is 6.36. The lowest BCUT2D eigenvalue weighted by Gasteiger charge is -2.29. The lowest BCUT2D eigenvalue weighted by atomic mass is 10.1. The van der Waals surface area contributed by atoms with E-state index >= 15 is 0 Å². The third-order valence-corrected chi connectivity index (χ3v) is 3.84. The highest BCUT2D eigenvalue weighted by Crippen LogP contribution is 2.18. The van der Waals surface area contributed by atoms with E-state index in [1.165, 1.54) is 24.3 Å². The quantitative estimate of drug-likeness (QED) is 0.836. The normalized spacial score (nSPS) is 18.8. The summed E-state index contributed by atoms with van der Waals surface area (Å²) in [7, 11) is 0. The van der Waals surface area contributed by atoms with Gasteiger partial charge in [-0.15, -0.1) is 0 Å². The Morgan fingerprint density at radius 2 is 2.00 bits per heavy atom. The molecule has 0 aromatic heterocycles. The Labute approximate surface area is 135 Å². The smallest absolute Gasteiger partial charge is 0.245 e. The standard InChI is InChI=1S/C17H23FN2O3/c1-11(2)9-20(17(23)14-7-8-16(22)19-14)10-15(21)12-3-5-13(18)6-4-12/h3-6,11,14-15,21H,7-10H2,1-2H3,(H,19,22). The van der Waals surface area contributed by atoms with Crippen molar-refractivity contribution in [3.63, 3.8) is 0 Å². The van der Waals surface area contributed by atoms with Crippen molar-refractivity contribution in [3.05, 3.63) is 35.6 Å². The maximum absolute atomic E-state index is 13.0. The molecule has 1 aliphatic heterocycles. The van der Waals surface area contributed by atoms with Gasteiger partial charge in [-0.1, -0.05) is 26.0 Å². The average molecular weight is 322 g/mol. The van der Waals surface area contributed by atoms with Gasteiger partial charge in [0.15, 0.2) is 0 Å². The zero-order chi connectivity index (χ0) is 17.0. The van der Waals surface area contributed by atoms with Gasteiger partial charge in [-0.2, -0.15) is 0 Å². The molecule has 2 N–H and O–H groups in total. The molecule has 2 rings (SSSR count). The number of halogens is 1. The van der Waals surface area contributed by atoms with Gasteiger partial charge in [-0.3, -0.25) is 9.59 Å². The average Bonchev–Trinajstić information content (AvgIpc) is 2.92. The number of aliphatic hydroxyl groups excluding tert-OH is 1. The summed E-state index contributed by atoms with van der Waals surface area (Å²) in [6.07, 6.45) is -0.0545. The summed E-state index contributed by atoms with van der Waals surface area (Å²) in [5.74, 6) is -0.432. The number of nitrogens with one attached hydrogen (secondary N) is 1. The van der Waals surface area contributed by atoms with E-state index in [2.05, 4.69) is 5.32 Å². The Hall–Kier alpha value is -1.95.